The quantitative estimate of drug-likeness (QED) is 0.810. The molecule has 0 spiro atoms. The summed E-state index contributed by atoms with van der Waals surface area (Å²) in [4.78, 5) is 23.8. The Morgan fingerprint density at radius 1 is 1.04 bits per heavy atom. The maximum atomic E-state index is 12.0. The number of aryl methyl sites for hydroxylation is 1. The molecule has 1 aliphatic rings. The van der Waals surface area contributed by atoms with Crippen molar-refractivity contribution in [2.45, 2.75) is 26.2 Å². The van der Waals surface area contributed by atoms with Gasteiger partial charge in [0.1, 0.15) is 5.75 Å². The molecule has 1 aliphatic carbocycles. The smallest absolute Gasteiger partial charge is 0.262 e. The summed E-state index contributed by atoms with van der Waals surface area (Å²) in [6.45, 7) is 2.02. The Bertz CT molecular complexity index is 752. The van der Waals surface area contributed by atoms with Gasteiger partial charge in [-0.1, -0.05) is 25.1 Å². The van der Waals surface area contributed by atoms with Gasteiger partial charge < -0.3 is 15.4 Å². The van der Waals surface area contributed by atoms with Gasteiger partial charge in [-0.05, 0) is 55.2 Å². The van der Waals surface area contributed by atoms with Gasteiger partial charge in [0.2, 0.25) is 5.91 Å². The molecule has 0 bridgehead atoms. The number of benzene rings is 2. The topological polar surface area (TPSA) is 67.4 Å². The molecule has 3 rings (SSSR count). The van der Waals surface area contributed by atoms with E-state index in [4.69, 9.17) is 4.74 Å². The summed E-state index contributed by atoms with van der Waals surface area (Å²) in [6.07, 6.45) is 2.88. The number of hydrogen-bond acceptors (Lipinski definition) is 3. The Hall–Kier alpha value is -2.82. The van der Waals surface area contributed by atoms with E-state index in [2.05, 4.69) is 17.6 Å². The SMILES string of the molecule is CCc1ccc(OCC(=O)Nc2cccc(NC(=O)C3CC3)c2)cc1. The van der Waals surface area contributed by atoms with Crippen LogP contribution in [0.2, 0.25) is 0 Å². The van der Waals surface area contributed by atoms with Crippen LogP contribution in [0.5, 0.6) is 5.75 Å². The minimum absolute atomic E-state index is 0.0438. The highest BCUT2D eigenvalue weighted by atomic mass is 16.5. The molecular formula is C20H22N2O3. The normalized spacial score (nSPS) is 13.2. The zero-order chi connectivity index (χ0) is 17.6. The molecular weight excluding hydrogens is 316 g/mol. The molecule has 0 heterocycles. The van der Waals surface area contributed by atoms with Crippen molar-refractivity contribution in [3.63, 3.8) is 0 Å². The third-order valence-electron chi connectivity index (χ3n) is 4.06. The van der Waals surface area contributed by atoms with Crippen LogP contribution in [-0.2, 0) is 16.0 Å². The number of amides is 2. The Balaban J connectivity index is 1.50. The number of nitrogens with one attached hydrogen (secondary N) is 2. The molecule has 0 atom stereocenters. The summed E-state index contributed by atoms with van der Waals surface area (Å²) in [5, 5.41) is 5.64. The maximum Gasteiger partial charge on any atom is 0.262 e. The van der Waals surface area contributed by atoms with Crippen LogP contribution in [0.1, 0.15) is 25.3 Å². The lowest BCUT2D eigenvalue weighted by Crippen LogP contribution is -2.20. The molecule has 0 radical (unpaired) electrons. The molecule has 1 saturated carbocycles. The summed E-state index contributed by atoms with van der Waals surface area (Å²) < 4.78 is 5.49. The third kappa shape index (κ3) is 5.08. The van der Waals surface area contributed by atoms with Crippen molar-refractivity contribution < 1.29 is 14.3 Å². The summed E-state index contributed by atoms with van der Waals surface area (Å²) in [6, 6.07) is 14.8. The molecule has 0 saturated heterocycles. The van der Waals surface area contributed by atoms with Crippen LogP contribution < -0.4 is 15.4 Å². The number of carbonyl (C=O) groups excluding carboxylic acids is 2. The van der Waals surface area contributed by atoms with E-state index in [1.807, 2.05) is 30.3 Å². The monoisotopic (exact) mass is 338 g/mol. The predicted octanol–water partition coefficient (Wildman–Crippen LogP) is 3.62. The third-order valence-corrected chi connectivity index (χ3v) is 4.06. The summed E-state index contributed by atoms with van der Waals surface area (Å²) in [5.74, 6) is 0.608. The molecule has 5 heteroatoms. The molecule has 0 aliphatic heterocycles. The van der Waals surface area contributed by atoms with E-state index < -0.39 is 0 Å². The van der Waals surface area contributed by atoms with Crippen LogP contribution in [0.15, 0.2) is 48.5 Å². The van der Waals surface area contributed by atoms with E-state index >= 15 is 0 Å². The van der Waals surface area contributed by atoms with E-state index in [-0.39, 0.29) is 24.3 Å². The number of hydrogen-bond donors (Lipinski definition) is 2. The van der Waals surface area contributed by atoms with E-state index in [1.54, 1.807) is 18.2 Å². The van der Waals surface area contributed by atoms with Crippen molar-refractivity contribution in [1.82, 2.24) is 0 Å². The van der Waals surface area contributed by atoms with E-state index in [0.29, 0.717) is 17.1 Å². The van der Waals surface area contributed by atoms with Crippen LogP contribution in [0, 0.1) is 5.92 Å². The molecule has 1 fully saturated rings. The predicted molar refractivity (Wildman–Crippen MR) is 97.7 cm³/mol. The Kier molecular flexibility index (Phi) is 5.33. The average Bonchev–Trinajstić information content (AvgIpc) is 3.46. The largest absolute Gasteiger partial charge is 0.484 e. The highest BCUT2D eigenvalue weighted by molar-refractivity contribution is 5.96. The zero-order valence-electron chi connectivity index (χ0n) is 14.2. The fourth-order valence-electron chi connectivity index (χ4n) is 2.43. The summed E-state index contributed by atoms with van der Waals surface area (Å²) in [5.41, 5.74) is 2.54. The number of rotatable bonds is 7. The van der Waals surface area contributed by atoms with E-state index in [9.17, 15) is 9.59 Å². The van der Waals surface area contributed by atoms with Crippen LogP contribution in [0.25, 0.3) is 0 Å². The second-order valence-electron chi connectivity index (χ2n) is 6.18. The minimum Gasteiger partial charge on any atom is -0.484 e. The Morgan fingerprint density at radius 2 is 1.72 bits per heavy atom. The van der Waals surface area contributed by atoms with Crippen LogP contribution in [-0.4, -0.2) is 18.4 Å². The molecule has 5 nitrogen and oxygen atoms in total. The van der Waals surface area contributed by atoms with Crippen molar-refractivity contribution in [2.24, 2.45) is 5.92 Å². The highest BCUT2D eigenvalue weighted by Crippen LogP contribution is 2.30. The number of carbonyl (C=O) groups is 2. The van der Waals surface area contributed by atoms with Gasteiger partial charge >= 0.3 is 0 Å². The molecule has 2 aromatic carbocycles. The highest BCUT2D eigenvalue weighted by Gasteiger charge is 2.29. The molecule has 0 aromatic heterocycles. The first kappa shape index (κ1) is 17.0. The standard InChI is InChI=1S/C20H22N2O3/c1-2-14-6-10-18(11-7-14)25-13-19(23)21-16-4-3-5-17(12-16)22-20(24)15-8-9-15/h3-7,10-12,15H,2,8-9,13H2,1H3,(H,21,23)(H,22,24). The summed E-state index contributed by atoms with van der Waals surface area (Å²) >= 11 is 0. The van der Waals surface area contributed by atoms with Gasteiger partial charge in [-0.25, -0.2) is 0 Å². The molecule has 2 aromatic rings. The fraction of sp³-hybridized carbons (Fsp3) is 0.300. The van der Waals surface area contributed by atoms with Gasteiger partial charge in [0.15, 0.2) is 6.61 Å². The van der Waals surface area contributed by atoms with Crippen molar-refractivity contribution in [1.29, 1.82) is 0 Å². The number of ether oxygens (including phenoxy) is 1. The minimum atomic E-state index is -0.245. The summed E-state index contributed by atoms with van der Waals surface area (Å²) in [7, 11) is 0. The Labute approximate surface area is 147 Å². The molecule has 25 heavy (non-hydrogen) atoms. The zero-order valence-corrected chi connectivity index (χ0v) is 14.2. The lowest BCUT2D eigenvalue weighted by atomic mass is 10.2. The van der Waals surface area contributed by atoms with Gasteiger partial charge in [0.25, 0.3) is 5.91 Å². The number of anilines is 2. The molecule has 130 valence electrons. The van der Waals surface area contributed by atoms with Gasteiger partial charge in [-0.15, -0.1) is 0 Å². The first-order chi connectivity index (χ1) is 12.1. The molecule has 2 N–H and O–H groups in total. The average molecular weight is 338 g/mol. The van der Waals surface area contributed by atoms with Crippen molar-refractivity contribution in [2.75, 3.05) is 17.2 Å². The van der Waals surface area contributed by atoms with Crippen LogP contribution in [0.3, 0.4) is 0 Å². The van der Waals surface area contributed by atoms with Crippen LogP contribution in [0.4, 0.5) is 11.4 Å². The van der Waals surface area contributed by atoms with Gasteiger partial charge in [-0.2, -0.15) is 0 Å². The fourth-order valence-corrected chi connectivity index (χ4v) is 2.43. The lowest BCUT2D eigenvalue weighted by molar-refractivity contribution is -0.118. The van der Waals surface area contributed by atoms with Crippen LogP contribution >= 0.6 is 0 Å². The van der Waals surface area contributed by atoms with Gasteiger partial charge in [0.05, 0.1) is 0 Å². The van der Waals surface area contributed by atoms with E-state index in [0.717, 1.165) is 19.3 Å². The van der Waals surface area contributed by atoms with E-state index in [1.165, 1.54) is 5.56 Å². The van der Waals surface area contributed by atoms with Gasteiger partial charge in [-0.3, -0.25) is 9.59 Å². The first-order valence-electron chi connectivity index (χ1n) is 8.56. The first-order valence-corrected chi connectivity index (χ1v) is 8.56. The molecule has 0 unspecified atom stereocenters. The molecule has 2 amide bonds. The second kappa shape index (κ2) is 7.83. The van der Waals surface area contributed by atoms with Crippen molar-refractivity contribution >= 4 is 23.2 Å². The van der Waals surface area contributed by atoms with Crippen molar-refractivity contribution in [3.8, 4) is 5.75 Å². The van der Waals surface area contributed by atoms with Crippen molar-refractivity contribution in [3.05, 3.63) is 54.1 Å². The Morgan fingerprint density at radius 3 is 2.36 bits per heavy atom. The maximum absolute atomic E-state index is 12.0. The van der Waals surface area contributed by atoms with Gasteiger partial charge in [0, 0.05) is 17.3 Å². The second-order valence-corrected chi connectivity index (χ2v) is 6.18. The lowest BCUT2D eigenvalue weighted by Gasteiger charge is -2.10.